The highest BCUT2D eigenvalue weighted by molar-refractivity contribution is 5.92. The lowest BCUT2D eigenvalue weighted by molar-refractivity contribution is 0.0493. The number of oxazole rings is 1. The first kappa shape index (κ1) is 16.7. The standard InChI is InChI=1S/C17H24N4O3/c1-4-21-8-7-18-16(21)14(13-5-9-23-10-6-13)20-17(22)15-11(2)19-12(3)24-15/h7-8,13-14H,4-6,9-10H2,1-3H3,(H,20,22)/t14-/m0/s1. The van der Waals surface area contributed by atoms with Crippen molar-refractivity contribution in [1.29, 1.82) is 0 Å². The van der Waals surface area contributed by atoms with E-state index in [1.165, 1.54) is 0 Å². The number of ether oxygens (including phenoxy) is 1. The number of aryl methyl sites for hydroxylation is 3. The van der Waals surface area contributed by atoms with Crippen molar-refractivity contribution in [2.24, 2.45) is 5.92 Å². The monoisotopic (exact) mass is 332 g/mol. The third kappa shape index (κ3) is 3.36. The van der Waals surface area contributed by atoms with Crippen LogP contribution in [0.4, 0.5) is 0 Å². The van der Waals surface area contributed by atoms with Crippen molar-refractivity contribution in [3.63, 3.8) is 0 Å². The first-order valence-electron chi connectivity index (χ1n) is 8.43. The Morgan fingerprint density at radius 2 is 2.17 bits per heavy atom. The molecule has 2 aromatic heterocycles. The highest BCUT2D eigenvalue weighted by Crippen LogP contribution is 2.30. The lowest BCUT2D eigenvalue weighted by atomic mass is 9.91. The Balaban J connectivity index is 1.87. The summed E-state index contributed by atoms with van der Waals surface area (Å²) in [7, 11) is 0. The molecule has 1 N–H and O–H groups in total. The molecule has 1 saturated heterocycles. The van der Waals surface area contributed by atoms with Crippen LogP contribution in [0.15, 0.2) is 16.8 Å². The van der Waals surface area contributed by atoms with Crippen LogP contribution in [0.1, 0.15) is 53.8 Å². The molecule has 24 heavy (non-hydrogen) atoms. The van der Waals surface area contributed by atoms with E-state index in [9.17, 15) is 4.79 Å². The van der Waals surface area contributed by atoms with E-state index in [0.717, 1.165) is 25.2 Å². The number of aromatic nitrogens is 3. The maximum atomic E-state index is 12.7. The number of carbonyl (C=O) groups excluding carboxylic acids is 1. The molecule has 7 heteroatoms. The normalized spacial score (nSPS) is 17.0. The van der Waals surface area contributed by atoms with Gasteiger partial charge in [0.25, 0.3) is 5.91 Å². The number of rotatable bonds is 5. The lowest BCUT2D eigenvalue weighted by Crippen LogP contribution is -2.37. The molecule has 0 aromatic carbocycles. The number of imidazole rings is 1. The minimum Gasteiger partial charge on any atom is -0.436 e. The fourth-order valence-corrected chi connectivity index (χ4v) is 3.26. The molecule has 1 atom stereocenters. The molecule has 0 radical (unpaired) electrons. The zero-order valence-corrected chi connectivity index (χ0v) is 14.4. The largest absolute Gasteiger partial charge is 0.436 e. The molecule has 1 amide bonds. The molecule has 0 spiro atoms. The molecule has 2 aromatic rings. The van der Waals surface area contributed by atoms with Gasteiger partial charge in [-0.25, -0.2) is 9.97 Å². The van der Waals surface area contributed by atoms with Crippen LogP contribution in [0.3, 0.4) is 0 Å². The second-order valence-electron chi connectivity index (χ2n) is 6.12. The van der Waals surface area contributed by atoms with E-state index in [1.54, 1.807) is 20.0 Å². The summed E-state index contributed by atoms with van der Waals surface area (Å²) in [6.07, 6.45) is 5.52. The average Bonchev–Trinajstić information content (AvgIpc) is 3.19. The molecule has 0 bridgehead atoms. The predicted octanol–water partition coefficient (Wildman–Crippen LogP) is 2.41. The van der Waals surface area contributed by atoms with Crippen molar-refractivity contribution in [2.45, 2.75) is 46.2 Å². The molecule has 1 aliphatic rings. The predicted molar refractivity (Wildman–Crippen MR) is 87.6 cm³/mol. The Kier molecular flexibility index (Phi) is 4.99. The zero-order chi connectivity index (χ0) is 17.1. The van der Waals surface area contributed by atoms with Crippen molar-refractivity contribution in [3.8, 4) is 0 Å². The van der Waals surface area contributed by atoms with Crippen LogP contribution in [-0.2, 0) is 11.3 Å². The van der Waals surface area contributed by atoms with Crippen LogP contribution in [0.2, 0.25) is 0 Å². The molecule has 0 unspecified atom stereocenters. The van der Waals surface area contributed by atoms with Crippen molar-refractivity contribution in [2.75, 3.05) is 13.2 Å². The number of hydrogen-bond donors (Lipinski definition) is 1. The van der Waals surface area contributed by atoms with Crippen LogP contribution in [0.25, 0.3) is 0 Å². The van der Waals surface area contributed by atoms with Crippen molar-refractivity contribution in [1.82, 2.24) is 19.9 Å². The molecule has 7 nitrogen and oxygen atoms in total. The molecule has 3 heterocycles. The average molecular weight is 332 g/mol. The van der Waals surface area contributed by atoms with Gasteiger partial charge in [-0.3, -0.25) is 4.79 Å². The van der Waals surface area contributed by atoms with Gasteiger partial charge in [-0.2, -0.15) is 0 Å². The second-order valence-corrected chi connectivity index (χ2v) is 6.12. The Hall–Kier alpha value is -2.15. The van der Waals surface area contributed by atoms with Crippen LogP contribution < -0.4 is 5.32 Å². The van der Waals surface area contributed by atoms with Gasteiger partial charge in [0.2, 0.25) is 5.76 Å². The van der Waals surface area contributed by atoms with Crippen LogP contribution in [0, 0.1) is 19.8 Å². The van der Waals surface area contributed by atoms with Gasteiger partial charge in [0.1, 0.15) is 5.82 Å². The maximum Gasteiger partial charge on any atom is 0.289 e. The Morgan fingerprint density at radius 3 is 2.79 bits per heavy atom. The molecule has 1 fully saturated rings. The van der Waals surface area contributed by atoms with E-state index < -0.39 is 0 Å². The van der Waals surface area contributed by atoms with Crippen molar-refractivity contribution in [3.05, 3.63) is 35.6 Å². The summed E-state index contributed by atoms with van der Waals surface area (Å²) in [6, 6.07) is -0.166. The van der Waals surface area contributed by atoms with E-state index in [0.29, 0.717) is 30.7 Å². The van der Waals surface area contributed by atoms with Gasteiger partial charge in [0, 0.05) is 39.1 Å². The molecular weight excluding hydrogens is 308 g/mol. The Morgan fingerprint density at radius 1 is 1.42 bits per heavy atom. The summed E-state index contributed by atoms with van der Waals surface area (Å²) in [5.74, 6) is 1.70. The lowest BCUT2D eigenvalue weighted by Gasteiger charge is -2.30. The fraction of sp³-hybridized carbons (Fsp3) is 0.588. The third-order valence-corrected chi connectivity index (χ3v) is 4.50. The molecule has 3 rings (SSSR count). The van der Waals surface area contributed by atoms with E-state index in [1.807, 2.05) is 6.20 Å². The van der Waals surface area contributed by atoms with Crippen LogP contribution in [-0.4, -0.2) is 33.7 Å². The van der Waals surface area contributed by atoms with Crippen molar-refractivity contribution >= 4 is 5.91 Å². The van der Waals surface area contributed by atoms with E-state index in [2.05, 4.69) is 26.8 Å². The summed E-state index contributed by atoms with van der Waals surface area (Å²) < 4.78 is 13.0. The summed E-state index contributed by atoms with van der Waals surface area (Å²) in [4.78, 5) is 21.4. The van der Waals surface area contributed by atoms with Crippen LogP contribution in [0.5, 0.6) is 0 Å². The second kappa shape index (κ2) is 7.17. The summed E-state index contributed by atoms with van der Waals surface area (Å²) in [5.41, 5.74) is 0.606. The van der Waals surface area contributed by atoms with Gasteiger partial charge >= 0.3 is 0 Å². The first-order valence-corrected chi connectivity index (χ1v) is 8.43. The highest BCUT2D eigenvalue weighted by Gasteiger charge is 2.31. The molecule has 0 saturated carbocycles. The first-order chi connectivity index (χ1) is 11.6. The van der Waals surface area contributed by atoms with E-state index >= 15 is 0 Å². The molecule has 0 aliphatic carbocycles. The minimum absolute atomic E-state index is 0.166. The van der Waals surface area contributed by atoms with Gasteiger partial charge < -0.3 is 19.0 Å². The van der Waals surface area contributed by atoms with Gasteiger partial charge in [0.15, 0.2) is 5.89 Å². The smallest absolute Gasteiger partial charge is 0.289 e. The number of carbonyl (C=O) groups is 1. The number of nitrogens with one attached hydrogen (secondary N) is 1. The summed E-state index contributed by atoms with van der Waals surface area (Å²) in [6.45, 7) is 7.82. The number of hydrogen-bond acceptors (Lipinski definition) is 5. The third-order valence-electron chi connectivity index (χ3n) is 4.50. The van der Waals surface area contributed by atoms with Gasteiger partial charge in [-0.05, 0) is 32.6 Å². The minimum atomic E-state index is -0.241. The maximum absolute atomic E-state index is 12.7. The summed E-state index contributed by atoms with van der Waals surface area (Å²) >= 11 is 0. The Labute approximate surface area is 141 Å². The van der Waals surface area contributed by atoms with Gasteiger partial charge in [-0.15, -0.1) is 0 Å². The van der Waals surface area contributed by atoms with Crippen LogP contribution >= 0.6 is 0 Å². The van der Waals surface area contributed by atoms with Gasteiger partial charge in [-0.1, -0.05) is 0 Å². The SMILES string of the molecule is CCn1ccnc1[C@@H](NC(=O)c1oc(C)nc1C)C1CCOCC1. The fourth-order valence-electron chi connectivity index (χ4n) is 3.26. The van der Waals surface area contributed by atoms with E-state index in [4.69, 9.17) is 9.15 Å². The molecule has 1 aliphatic heterocycles. The number of amides is 1. The molecular formula is C17H24N4O3. The topological polar surface area (TPSA) is 82.2 Å². The van der Waals surface area contributed by atoms with Crippen molar-refractivity contribution < 1.29 is 13.9 Å². The Bertz CT molecular complexity index is 701. The summed E-state index contributed by atoms with van der Waals surface area (Å²) in [5, 5.41) is 3.12. The molecule has 130 valence electrons. The highest BCUT2D eigenvalue weighted by atomic mass is 16.5. The quantitative estimate of drug-likeness (QED) is 0.909. The van der Waals surface area contributed by atoms with E-state index in [-0.39, 0.29) is 17.7 Å². The number of nitrogens with zero attached hydrogens (tertiary/aromatic N) is 3. The zero-order valence-electron chi connectivity index (χ0n) is 14.4. The van der Waals surface area contributed by atoms with Gasteiger partial charge in [0.05, 0.1) is 11.7 Å².